The first kappa shape index (κ1) is 13.1. The van der Waals surface area contributed by atoms with Gasteiger partial charge >= 0.3 is 0 Å². The van der Waals surface area contributed by atoms with Crippen LogP contribution in [-0.2, 0) is 0 Å². The van der Waals surface area contributed by atoms with E-state index in [0.717, 1.165) is 0 Å². The summed E-state index contributed by atoms with van der Waals surface area (Å²) in [5, 5.41) is 20.4. The van der Waals surface area contributed by atoms with Crippen molar-refractivity contribution in [3.63, 3.8) is 0 Å². The van der Waals surface area contributed by atoms with Crippen molar-refractivity contribution < 1.29 is 9.50 Å². The molecule has 0 aliphatic carbocycles. The molecule has 1 unspecified atom stereocenters. The number of benzene rings is 1. The molecule has 1 aromatic rings. The molecule has 1 atom stereocenters. The lowest BCUT2D eigenvalue weighted by molar-refractivity contribution is 0.285. The Morgan fingerprint density at radius 3 is 2.88 bits per heavy atom. The van der Waals surface area contributed by atoms with Gasteiger partial charge in [0.15, 0.2) is 0 Å². The quantitative estimate of drug-likeness (QED) is 0.816. The lowest BCUT2D eigenvalue weighted by Gasteiger charge is -2.12. The van der Waals surface area contributed by atoms with Crippen molar-refractivity contribution in [2.45, 2.75) is 12.5 Å². The Hall–Kier alpha value is -0.960. The molecule has 0 saturated carbocycles. The third kappa shape index (κ3) is 3.56. The third-order valence-electron chi connectivity index (χ3n) is 2.09. The highest BCUT2D eigenvalue weighted by atomic mass is 79.9. The standard InChI is InChI=1S/C11H12BrFN2O/c12-8-2-3-9(10(13)6-8)11(7-14)15-4-1-5-16/h2-3,6,11,15-16H,1,4-5H2. The molecule has 0 bridgehead atoms. The second-order valence-electron chi connectivity index (χ2n) is 3.26. The van der Waals surface area contributed by atoms with Crippen LogP contribution < -0.4 is 5.32 Å². The van der Waals surface area contributed by atoms with E-state index in [4.69, 9.17) is 10.4 Å². The number of halogens is 2. The molecule has 0 spiro atoms. The van der Waals surface area contributed by atoms with Crippen molar-refractivity contribution in [3.05, 3.63) is 34.1 Å². The Morgan fingerprint density at radius 1 is 1.56 bits per heavy atom. The fraction of sp³-hybridized carbons (Fsp3) is 0.364. The zero-order valence-corrected chi connectivity index (χ0v) is 10.2. The van der Waals surface area contributed by atoms with Gasteiger partial charge in [0.1, 0.15) is 11.9 Å². The van der Waals surface area contributed by atoms with Crippen molar-refractivity contribution >= 4 is 15.9 Å². The van der Waals surface area contributed by atoms with Crippen LogP contribution in [-0.4, -0.2) is 18.3 Å². The van der Waals surface area contributed by atoms with E-state index in [0.29, 0.717) is 23.0 Å². The Kier molecular flexibility index (Phi) is 5.39. The number of aliphatic hydroxyl groups is 1. The van der Waals surface area contributed by atoms with Crippen LogP contribution in [0.2, 0.25) is 0 Å². The molecule has 0 aliphatic heterocycles. The van der Waals surface area contributed by atoms with E-state index in [1.165, 1.54) is 6.07 Å². The Bertz CT molecular complexity index is 392. The van der Waals surface area contributed by atoms with Gasteiger partial charge in [0.2, 0.25) is 0 Å². The van der Waals surface area contributed by atoms with Gasteiger partial charge in [0.05, 0.1) is 6.07 Å². The molecule has 0 radical (unpaired) electrons. The first-order chi connectivity index (χ1) is 7.69. The summed E-state index contributed by atoms with van der Waals surface area (Å²) >= 11 is 3.15. The molecule has 5 heteroatoms. The highest BCUT2D eigenvalue weighted by Crippen LogP contribution is 2.20. The highest BCUT2D eigenvalue weighted by Gasteiger charge is 2.14. The van der Waals surface area contributed by atoms with E-state index >= 15 is 0 Å². The predicted octanol–water partition coefficient (Wildman–Crippen LogP) is 2.12. The molecule has 2 N–H and O–H groups in total. The van der Waals surface area contributed by atoms with Crippen LogP contribution in [0.15, 0.2) is 22.7 Å². The maximum atomic E-state index is 13.5. The molecule has 0 fully saturated rings. The van der Waals surface area contributed by atoms with E-state index in [9.17, 15) is 4.39 Å². The summed E-state index contributed by atoms with van der Waals surface area (Å²) in [7, 11) is 0. The van der Waals surface area contributed by atoms with Crippen molar-refractivity contribution in [3.8, 4) is 6.07 Å². The minimum atomic E-state index is -0.681. The molecule has 86 valence electrons. The van der Waals surface area contributed by atoms with E-state index in [2.05, 4.69) is 21.2 Å². The van der Waals surface area contributed by atoms with Crippen molar-refractivity contribution in [1.29, 1.82) is 5.26 Å². The summed E-state index contributed by atoms with van der Waals surface area (Å²) in [5.74, 6) is -0.419. The molecule has 16 heavy (non-hydrogen) atoms. The van der Waals surface area contributed by atoms with Crippen LogP contribution >= 0.6 is 15.9 Å². The minimum Gasteiger partial charge on any atom is -0.396 e. The van der Waals surface area contributed by atoms with E-state index in [1.54, 1.807) is 12.1 Å². The number of hydrogen-bond donors (Lipinski definition) is 2. The fourth-order valence-corrected chi connectivity index (χ4v) is 1.62. The van der Waals surface area contributed by atoms with Gasteiger partial charge in [-0.05, 0) is 25.1 Å². The fourth-order valence-electron chi connectivity index (χ4n) is 1.29. The molecule has 0 heterocycles. The highest BCUT2D eigenvalue weighted by molar-refractivity contribution is 9.10. The summed E-state index contributed by atoms with van der Waals surface area (Å²) in [4.78, 5) is 0. The number of rotatable bonds is 5. The van der Waals surface area contributed by atoms with Gasteiger partial charge in [-0.1, -0.05) is 22.0 Å². The number of aliphatic hydroxyl groups excluding tert-OH is 1. The van der Waals surface area contributed by atoms with Crippen molar-refractivity contribution in [2.24, 2.45) is 0 Å². The van der Waals surface area contributed by atoms with Crippen LogP contribution in [0.3, 0.4) is 0 Å². The average molecular weight is 287 g/mol. The second-order valence-corrected chi connectivity index (χ2v) is 4.17. The summed E-state index contributed by atoms with van der Waals surface area (Å²) in [6.07, 6.45) is 0.538. The smallest absolute Gasteiger partial charge is 0.130 e. The minimum absolute atomic E-state index is 0.0496. The SMILES string of the molecule is N#CC(NCCCO)c1ccc(Br)cc1F. The van der Waals surface area contributed by atoms with Crippen molar-refractivity contribution in [2.75, 3.05) is 13.2 Å². The van der Waals surface area contributed by atoms with Gasteiger partial charge in [0, 0.05) is 16.6 Å². The summed E-state index contributed by atoms with van der Waals surface area (Å²) in [6, 6.07) is 5.90. The van der Waals surface area contributed by atoms with Gasteiger partial charge < -0.3 is 5.11 Å². The number of nitriles is 1. The number of hydrogen-bond acceptors (Lipinski definition) is 3. The van der Waals surface area contributed by atoms with Gasteiger partial charge in [0.25, 0.3) is 0 Å². The van der Waals surface area contributed by atoms with Crippen LogP contribution in [0.1, 0.15) is 18.0 Å². The normalized spacial score (nSPS) is 12.1. The Labute approximate surface area is 102 Å². The first-order valence-electron chi connectivity index (χ1n) is 4.88. The van der Waals surface area contributed by atoms with E-state index in [-0.39, 0.29) is 6.61 Å². The molecule has 0 saturated heterocycles. The predicted molar refractivity (Wildman–Crippen MR) is 62.2 cm³/mol. The summed E-state index contributed by atoms with van der Waals surface area (Å²) in [6.45, 7) is 0.526. The third-order valence-corrected chi connectivity index (χ3v) is 2.58. The van der Waals surface area contributed by atoms with Crippen LogP contribution in [0.5, 0.6) is 0 Å². The largest absolute Gasteiger partial charge is 0.396 e. The van der Waals surface area contributed by atoms with Gasteiger partial charge in [-0.2, -0.15) is 5.26 Å². The zero-order valence-electron chi connectivity index (χ0n) is 8.58. The molecule has 1 rings (SSSR count). The molecule has 0 amide bonds. The average Bonchev–Trinajstić information content (AvgIpc) is 2.26. The lowest BCUT2D eigenvalue weighted by Crippen LogP contribution is -2.22. The summed E-state index contributed by atoms with van der Waals surface area (Å²) in [5.41, 5.74) is 0.323. The monoisotopic (exact) mass is 286 g/mol. The lowest BCUT2D eigenvalue weighted by atomic mass is 10.1. The molecule has 3 nitrogen and oxygen atoms in total. The number of nitrogens with one attached hydrogen (secondary N) is 1. The van der Waals surface area contributed by atoms with E-state index in [1.807, 2.05) is 6.07 Å². The van der Waals surface area contributed by atoms with Gasteiger partial charge in [-0.3, -0.25) is 5.32 Å². The van der Waals surface area contributed by atoms with Gasteiger partial charge in [-0.25, -0.2) is 4.39 Å². The molecule has 0 aliphatic rings. The van der Waals surface area contributed by atoms with Gasteiger partial charge in [-0.15, -0.1) is 0 Å². The van der Waals surface area contributed by atoms with E-state index < -0.39 is 11.9 Å². The molecule has 0 aromatic heterocycles. The zero-order chi connectivity index (χ0) is 12.0. The Morgan fingerprint density at radius 2 is 2.31 bits per heavy atom. The molecule has 1 aromatic carbocycles. The van der Waals surface area contributed by atoms with Crippen LogP contribution in [0, 0.1) is 17.1 Å². The maximum absolute atomic E-state index is 13.5. The molecular formula is C11H12BrFN2O. The number of nitrogens with zero attached hydrogens (tertiary/aromatic N) is 1. The summed E-state index contributed by atoms with van der Waals surface area (Å²) < 4.78 is 14.2. The Balaban J connectivity index is 2.76. The topological polar surface area (TPSA) is 56.0 Å². The second kappa shape index (κ2) is 6.59. The first-order valence-corrected chi connectivity index (χ1v) is 5.67. The van der Waals surface area contributed by atoms with Crippen LogP contribution in [0.4, 0.5) is 4.39 Å². The van der Waals surface area contributed by atoms with Crippen LogP contribution in [0.25, 0.3) is 0 Å². The maximum Gasteiger partial charge on any atom is 0.130 e. The van der Waals surface area contributed by atoms with Crippen molar-refractivity contribution in [1.82, 2.24) is 5.32 Å². The molecular weight excluding hydrogens is 275 g/mol.